The third kappa shape index (κ3) is 8.65. The molecule has 4 rings (SSSR count). The van der Waals surface area contributed by atoms with Crippen LogP contribution in [0.4, 0.5) is 5.69 Å². The number of anilines is 1. The van der Waals surface area contributed by atoms with Gasteiger partial charge in [-0.3, -0.25) is 4.72 Å². The van der Waals surface area contributed by atoms with Crippen molar-refractivity contribution in [2.75, 3.05) is 17.9 Å². The second-order valence-corrected chi connectivity index (χ2v) is 12.0. The normalized spacial score (nSPS) is 12.6. The van der Waals surface area contributed by atoms with E-state index >= 15 is 0 Å². The lowest BCUT2D eigenvalue weighted by Crippen LogP contribution is -2.42. The van der Waals surface area contributed by atoms with Crippen LogP contribution in [0.5, 0.6) is 5.75 Å². The third-order valence-electron chi connectivity index (χ3n) is 6.49. The van der Waals surface area contributed by atoms with Crippen molar-refractivity contribution in [1.29, 1.82) is 0 Å². The van der Waals surface area contributed by atoms with Gasteiger partial charge in [0.25, 0.3) is 10.0 Å². The molecule has 0 aliphatic rings. The number of carbonyl (C=O) groups is 1. The fourth-order valence-corrected chi connectivity index (χ4v) is 5.18. The minimum Gasteiger partial charge on any atom is -0.482 e. The van der Waals surface area contributed by atoms with E-state index in [2.05, 4.69) is 28.9 Å². The Hall–Kier alpha value is -4.19. The summed E-state index contributed by atoms with van der Waals surface area (Å²) in [6, 6.07) is 22.0. The average Bonchev–Trinajstić information content (AvgIpc) is 3.44. The number of hydrogen-bond acceptors (Lipinski definition) is 7. The molecule has 41 heavy (non-hydrogen) atoms. The summed E-state index contributed by atoms with van der Waals surface area (Å²) in [6.07, 6.45) is 3.63. The molecule has 1 aromatic heterocycles. The van der Waals surface area contributed by atoms with Crippen LogP contribution in [0.1, 0.15) is 31.9 Å². The molecular weight excluding hydrogens is 544 g/mol. The van der Waals surface area contributed by atoms with Crippen LogP contribution in [0.2, 0.25) is 0 Å². The van der Waals surface area contributed by atoms with Gasteiger partial charge in [0.15, 0.2) is 6.61 Å². The molecule has 1 atom stereocenters. The van der Waals surface area contributed by atoms with Gasteiger partial charge in [-0.05, 0) is 74.4 Å². The standard InChI is InChI=1S/C30H34N4O6S/c1-30(2,15-16-34-19-27(31-21-34)22-11-13-25(14-12-22)40-20-29(36)37)32-18-28(35)23-7-6-8-24(17-23)33-41(38,39)26-9-4-3-5-10-26/h3-14,17,19,21,28,32-33,35H,15-16,18,20H2,1-2H3,(H,36,37). The van der Waals surface area contributed by atoms with E-state index in [1.54, 1.807) is 60.9 Å². The van der Waals surface area contributed by atoms with E-state index in [0.717, 1.165) is 17.7 Å². The van der Waals surface area contributed by atoms with Crippen molar-refractivity contribution in [3.8, 4) is 17.0 Å². The van der Waals surface area contributed by atoms with Gasteiger partial charge in [0.2, 0.25) is 0 Å². The molecule has 0 spiro atoms. The first-order valence-electron chi connectivity index (χ1n) is 13.1. The Morgan fingerprint density at radius 2 is 1.78 bits per heavy atom. The predicted octanol–water partition coefficient (Wildman–Crippen LogP) is 4.31. The first-order chi connectivity index (χ1) is 19.5. The smallest absolute Gasteiger partial charge is 0.341 e. The van der Waals surface area contributed by atoms with Crippen molar-refractivity contribution < 1.29 is 28.2 Å². The Balaban J connectivity index is 1.28. The van der Waals surface area contributed by atoms with Crippen LogP contribution in [0.3, 0.4) is 0 Å². The van der Waals surface area contributed by atoms with E-state index < -0.39 is 28.7 Å². The fraction of sp³-hybridized carbons (Fsp3) is 0.267. The van der Waals surface area contributed by atoms with Gasteiger partial charge in [0.05, 0.1) is 23.0 Å². The first kappa shape index (κ1) is 29.8. The molecule has 0 radical (unpaired) electrons. The number of aliphatic hydroxyl groups excluding tert-OH is 1. The fourth-order valence-electron chi connectivity index (χ4n) is 4.11. The molecular formula is C30H34N4O6S. The van der Waals surface area contributed by atoms with Gasteiger partial charge in [-0.1, -0.05) is 30.3 Å². The summed E-state index contributed by atoms with van der Waals surface area (Å²) in [4.78, 5) is 15.3. The van der Waals surface area contributed by atoms with Crippen LogP contribution in [-0.4, -0.2) is 52.8 Å². The lowest BCUT2D eigenvalue weighted by molar-refractivity contribution is -0.139. The molecule has 4 N–H and O–H groups in total. The minimum absolute atomic E-state index is 0.167. The number of aryl methyl sites for hydroxylation is 1. The molecule has 0 fully saturated rings. The van der Waals surface area contributed by atoms with Crippen LogP contribution >= 0.6 is 0 Å². The average molecular weight is 579 g/mol. The summed E-state index contributed by atoms with van der Waals surface area (Å²) in [5.74, 6) is -0.552. The Bertz CT molecular complexity index is 1550. The van der Waals surface area contributed by atoms with Crippen LogP contribution in [0.15, 0.2) is 96.3 Å². The van der Waals surface area contributed by atoms with Crippen molar-refractivity contribution in [2.45, 2.75) is 43.4 Å². The maximum atomic E-state index is 12.7. The summed E-state index contributed by atoms with van der Waals surface area (Å²) in [6.45, 7) is 4.69. The van der Waals surface area contributed by atoms with Crippen LogP contribution in [-0.2, 0) is 21.4 Å². The van der Waals surface area contributed by atoms with Crippen LogP contribution < -0.4 is 14.8 Å². The summed E-state index contributed by atoms with van der Waals surface area (Å²) >= 11 is 0. The lowest BCUT2D eigenvalue weighted by Gasteiger charge is -2.28. The topological polar surface area (TPSA) is 143 Å². The Labute approximate surface area is 239 Å². The van der Waals surface area contributed by atoms with Gasteiger partial charge >= 0.3 is 5.97 Å². The number of β-amino-alcohol motifs (C(OH)–C–C–N with tert-alkyl or cyclic N) is 1. The number of benzene rings is 3. The highest BCUT2D eigenvalue weighted by Crippen LogP contribution is 2.23. The molecule has 4 aromatic rings. The second-order valence-electron chi connectivity index (χ2n) is 10.3. The minimum atomic E-state index is -3.73. The number of rotatable bonds is 14. The lowest BCUT2D eigenvalue weighted by atomic mass is 9.99. The number of nitrogens with zero attached hydrogens (tertiary/aromatic N) is 2. The number of nitrogens with one attached hydrogen (secondary N) is 2. The first-order valence-corrected chi connectivity index (χ1v) is 14.6. The quantitative estimate of drug-likeness (QED) is 0.173. The second kappa shape index (κ2) is 13.0. The number of imidazole rings is 1. The van der Waals surface area contributed by atoms with Gasteiger partial charge in [0, 0.05) is 36.1 Å². The van der Waals surface area contributed by atoms with Gasteiger partial charge in [-0.15, -0.1) is 0 Å². The zero-order valence-electron chi connectivity index (χ0n) is 22.9. The molecule has 0 aliphatic heterocycles. The van der Waals surface area contributed by atoms with E-state index in [4.69, 9.17) is 9.84 Å². The summed E-state index contributed by atoms with van der Waals surface area (Å²) in [5, 5.41) is 23.0. The zero-order valence-corrected chi connectivity index (χ0v) is 23.7. The van der Waals surface area contributed by atoms with Crippen molar-refractivity contribution >= 4 is 21.7 Å². The monoisotopic (exact) mass is 578 g/mol. The summed E-state index contributed by atoms with van der Waals surface area (Å²) < 4.78 is 35.0. The van der Waals surface area contributed by atoms with E-state index in [0.29, 0.717) is 23.5 Å². The van der Waals surface area contributed by atoms with E-state index in [9.17, 15) is 18.3 Å². The number of carboxylic acids is 1. The van der Waals surface area contributed by atoms with Crippen LogP contribution in [0, 0.1) is 0 Å². The summed E-state index contributed by atoms with van der Waals surface area (Å²) in [5.41, 5.74) is 2.35. The molecule has 0 aliphatic carbocycles. The molecule has 10 nitrogen and oxygen atoms in total. The molecule has 11 heteroatoms. The number of aromatic nitrogens is 2. The predicted molar refractivity (Wildman–Crippen MR) is 156 cm³/mol. The number of hydrogen-bond donors (Lipinski definition) is 4. The van der Waals surface area contributed by atoms with Gasteiger partial charge in [-0.25, -0.2) is 18.2 Å². The van der Waals surface area contributed by atoms with Crippen molar-refractivity contribution in [3.05, 3.63) is 97.0 Å². The zero-order chi connectivity index (χ0) is 29.5. The molecule has 1 heterocycles. The molecule has 0 bridgehead atoms. The Morgan fingerprint density at radius 3 is 2.49 bits per heavy atom. The molecule has 1 unspecified atom stereocenters. The number of aliphatic hydroxyl groups is 1. The number of aliphatic carboxylic acids is 1. The van der Waals surface area contributed by atoms with Crippen LogP contribution in [0.25, 0.3) is 11.3 Å². The number of carboxylic acid groups (broad SMARTS) is 1. The SMILES string of the molecule is CC(C)(CCn1cnc(-c2ccc(OCC(=O)O)cc2)c1)NCC(O)c1cccc(NS(=O)(=O)c2ccccc2)c1. The van der Waals surface area contributed by atoms with Gasteiger partial charge in [-0.2, -0.15) is 0 Å². The molecule has 0 saturated heterocycles. The highest BCUT2D eigenvalue weighted by atomic mass is 32.2. The molecule has 0 amide bonds. The van der Waals surface area contributed by atoms with Crippen molar-refractivity contribution in [2.24, 2.45) is 0 Å². The van der Waals surface area contributed by atoms with E-state index in [-0.39, 0.29) is 17.0 Å². The van der Waals surface area contributed by atoms with Crippen molar-refractivity contribution in [3.63, 3.8) is 0 Å². The molecule has 3 aromatic carbocycles. The highest BCUT2D eigenvalue weighted by molar-refractivity contribution is 7.92. The maximum Gasteiger partial charge on any atom is 0.341 e. The van der Waals surface area contributed by atoms with Gasteiger partial charge < -0.3 is 24.8 Å². The van der Waals surface area contributed by atoms with Gasteiger partial charge in [0.1, 0.15) is 5.75 Å². The maximum absolute atomic E-state index is 12.7. The molecule has 216 valence electrons. The Morgan fingerprint density at radius 1 is 1.05 bits per heavy atom. The number of sulfonamides is 1. The third-order valence-corrected chi connectivity index (χ3v) is 7.89. The largest absolute Gasteiger partial charge is 0.482 e. The Kier molecular flexibility index (Phi) is 9.43. The van der Waals surface area contributed by atoms with E-state index in [1.165, 1.54) is 12.1 Å². The molecule has 0 saturated carbocycles. The highest BCUT2D eigenvalue weighted by Gasteiger charge is 2.20. The number of ether oxygens (including phenoxy) is 1. The summed E-state index contributed by atoms with van der Waals surface area (Å²) in [7, 11) is -3.73. The van der Waals surface area contributed by atoms with Crippen molar-refractivity contribution in [1.82, 2.24) is 14.9 Å². The van der Waals surface area contributed by atoms with E-state index in [1.807, 2.05) is 22.9 Å².